The maximum absolute atomic E-state index is 11.7. The molecule has 0 aromatic carbocycles. The molecule has 0 radical (unpaired) electrons. The first-order valence-electron chi connectivity index (χ1n) is 6.38. The highest BCUT2D eigenvalue weighted by Crippen LogP contribution is 1.92. The van der Waals surface area contributed by atoms with Gasteiger partial charge in [0.25, 0.3) is 0 Å². The van der Waals surface area contributed by atoms with E-state index in [1.807, 2.05) is 20.8 Å². The maximum atomic E-state index is 11.7. The number of nitrogens with zero attached hydrogens (tertiary/aromatic N) is 1. The standard InChI is InChI=1S/C12H23N3O4/c1-4-5-15(8-11(17)18)12(19)14-7-10(16)13-6-9(2)3/h9H,4-8H2,1-3H3,(H,13,16)(H,14,19)(H,17,18). The van der Waals surface area contributed by atoms with Crippen molar-refractivity contribution in [2.24, 2.45) is 5.92 Å². The minimum atomic E-state index is -1.08. The number of hydrogen-bond donors (Lipinski definition) is 3. The Kier molecular flexibility index (Phi) is 8.32. The minimum absolute atomic E-state index is 0.147. The summed E-state index contributed by atoms with van der Waals surface area (Å²) in [5.41, 5.74) is 0. The lowest BCUT2D eigenvalue weighted by Gasteiger charge is -2.20. The Morgan fingerprint density at radius 1 is 1.21 bits per heavy atom. The van der Waals surface area contributed by atoms with E-state index in [1.165, 1.54) is 0 Å². The van der Waals surface area contributed by atoms with E-state index in [2.05, 4.69) is 10.6 Å². The van der Waals surface area contributed by atoms with Crippen LogP contribution in [0.3, 0.4) is 0 Å². The van der Waals surface area contributed by atoms with Crippen molar-refractivity contribution in [3.8, 4) is 0 Å². The summed E-state index contributed by atoms with van der Waals surface area (Å²) < 4.78 is 0. The average molecular weight is 273 g/mol. The molecule has 0 aromatic heterocycles. The molecule has 0 aliphatic rings. The number of amides is 3. The van der Waals surface area contributed by atoms with E-state index in [1.54, 1.807) is 0 Å². The molecule has 19 heavy (non-hydrogen) atoms. The van der Waals surface area contributed by atoms with E-state index in [4.69, 9.17) is 5.11 Å². The van der Waals surface area contributed by atoms with E-state index in [-0.39, 0.29) is 19.0 Å². The molecule has 0 aliphatic carbocycles. The second kappa shape index (κ2) is 9.18. The lowest BCUT2D eigenvalue weighted by atomic mass is 10.2. The first-order valence-corrected chi connectivity index (χ1v) is 6.38. The van der Waals surface area contributed by atoms with Crippen LogP contribution in [0.4, 0.5) is 4.79 Å². The molecule has 0 unspecified atom stereocenters. The Hall–Kier alpha value is -1.79. The zero-order valence-corrected chi connectivity index (χ0v) is 11.7. The molecule has 3 N–H and O–H groups in total. The number of carboxylic acid groups (broad SMARTS) is 1. The van der Waals surface area contributed by atoms with Crippen molar-refractivity contribution in [3.05, 3.63) is 0 Å². The fraction of sp³-hybridized carbons (Fsp3) is 0.750. The SMILES string of the molecule is CCCN(CC(=O)O)C(=O)NCC(=O)NCC(C)C. The van der Waals surface area contributed by atoms with Gasteiger partial charge in [0.1, 0.15) is 6.54 Å². The molecule has 0 heterocycles. The molecular formula is C12H23N3O4. The van der Waals surface area contributed by atoms with Crippen LogP contribution < -0.4 is 10.6 Å². The summed E-state index contributed by atoms with van der Waals surface area (Å²) in [5, 5.41) is 13.7. The lowest BCUT2D eigenvalue weighted by molar-refractivity contribution is -0.137. The van der Waals surface area contributed by atoms with Crippen LogP contribution in [-0.4, -0.2) is 54.1 Å². The van der Waals surface area contributed by atoms with Crippen molar-refractivity contribution < 1.29 is 19.5 Å². The van der Waals surface area contributed by atoms with Crippen LogP contribution in [0.15, 0.2) is 0 Å². The third kappa shape index (κ3) is 8.87. The smallest absolute Gasteiger partial charge is 0.323 e. The van der Waals surface area contributed by atoms with Gasteiger partial charge < -0.3 is 20.6 Å². The van der Waals surface area contributed by atoms with E-state index >= 15 is 0 Å². The first kappa shape index (κ1) is 17.2. The molecule has 0 aromatic rings. The van der Waals surface area contributed by atoms with Crippen LogP contribution in [0.25, 0.3) is 0 Å². The number of carbonyl (C=O) groups excluding carboxylic acids is 2. The molecule has 0 saturated carbocycles. The van der Waals surface area contributed by atoms with Gasteiger partial charge in [-0.15, -0.1) is 0 Å². The third-order valence-electron chi connectivity index (χ3n) is 2.21. The van der Waals surface area contributed by atoms with Gasteiger partial charge in [0.2, 0.25) is 5.91 Å². The molecular weight excluding hydrogens is 250 g/mol. The third-order valence-corrected chi connectivity index (χ3v) is 2.21. The number of carbonyl (C=O) groups is 3. The van der Waals surface area contributed by atoms with Gasteiger partial charge in [-0.3, -0.25) is 9.59 Å². The molecule has 0 aliphatic heterocycles. The van der Waals surface area contributed by atoms with Crippen LogP contribution >= 0.6 is 0 Å². The number of rotatable bonds is 8. The fourth-order valence-electron chi connectivity index (χ4n) is 1.33. The minimum Gasteiger partial charge on any atom is -0.480 e. The Labute approximate surface area is 113 Å². The Balaban J connectivity index is 4.10. The highest BCUT2D eigenvalue weighted by molar-refractivity contribution is 5.85. The molecule has 0 fully saturated rings. The van der Waals surface area contributed by atoms with Crippen molar-refractivity contribution in [1.29, 1.82) is 0 Å². The molecule has 7 nitrogen and oxygen atoms in total. The van der Waals surface area contributed by atoms with E-state index in [0.717, 1.165) is 4.90 Å². The Morgan fingerprint density at radius 2 is 1.84 bits per heavy atom. The van der Waals surface area contributed by atoms with Gasteiger partial charge in [-0.1, -0.05) is 20.8 Å². The first-order chi connectivity index (χ1) is 8.86. The van der Waals surface area contributed by atoms with Crippen molar-refractivity contribution in [3.63, 3.8) is 0 Å². The summed E-state index contributed by atoms with van der Waals surface area (Å²) in [7, 11) is 0. The van der Waals surface area contributed by atoms with Crippen LogP contribution in [0.5, 0.6) is 0 Å². The summed E-state index contributed by atoms with van der Waals surface area (Å²) in [6.45, 7) is 6.15. The van der Waals surface area contributed by atoms with E-state index in [9.17, 15) is 14.4 Å². The summed E-state index contributed by atoms with van der Waals surface area (Å²) in [6.07, 6.45) is 0.653. The Morgan fingerprint density at radius 3 is 2.32 bits per heavy atom. The highest BCUT2D eigenvalue weighted by atomic mass is 16.4. The normalized spacial score (nSPS) is 10.1. The largest absolute Gasteiger partial charge is 0.480 e. The second-order valence-electron chi connectivity index (χ2n) is 4.67. The number of carboxylic acids is 1. The van der Waals surface area contributed by atoms with Crippen molar-refractivity contribution in [1.82, 2.24) is 15.5 Å². The molecule has 0 spiro atoms. The van der Waals surface area contributed by atoms with Gasteiger partial charge >= 0.3 is 12.0 Å². The fourth-order valence-corrected chi connectivity index (χ4v) is 1.33. The zero-order valence-electron chi connectivity index (χ0n) is 11.7. The summed E-state index contributed by atoms with van der Waals surface area (Å²) >= 11 is 0. The van der Waals surface area contributed by atoms with Crippen molar-refractivity contribution in [2.45, 2.75) is 27.2 Å². The number of urea groups is 1. The lowest BCUT2D eigenvalue weighted by Crippen LogP contribution is -2.46. The quantitative estimate of drug-likeness (QED) is 0.591. The van der Waals surface area contributed by atoms with Crippen LogP contribution in [0.1, 0.15) is 27.2 Å². The summed E-state index contributed by atoms with van der Waals surface area (Å²) in [6, 6.07) is -0.538. The molecule has 7 heteroatoms. The van der Waals surface area contributed by atoms with Gasteiger partial charge in [-0.25, -0.2) is 4.79 Å². The van der Waals surface area contributed by atoms with Crippen molar-refractivity contribution >= 4 is 17.9 Å². The number of nitrogens with one attached hydrogen (secondary N) is 2. The van der Waals surface area contributed by atoms with Gasteiger partial charge in [-0.05, 0) is 12.3 Å². The van der Waals surface area contributed by atoms with Gasteiger partial charge in [0.15, 0.2) is 0 Å². The predicted molar refractivity (Wildman–Crippen MR) is 70.7 cm³/mol. The van der Waals surface area contributed by atoms with Gasteiger partial charge in [0.05, 0.1) is 6.54 Å². The molecule has 110 valence electrons. The Bertz CT molecular complexity index is 318. The molecule has 0 bridgehead atoms. The van der Waals surface area contributed by atoms with Crippen LogP contribution in [0, 0.1) is 5.92 Å². The topological polar surface area (TPSA) is 98.7 Å². The van der Waals surface area contributed by atoms with Crippen molar-refractivity contribution in [2.75, 3.05) is 26.2 Å². The van der Waals surface area contributed by atoms with Gasteiger partial charge in [-0.2, -0.15) is 0 Å². The van der Waals surface area contributed by atoms with Crippen LogP contribution in [-0.2, 0) is 9.59 Å². The highest BCUT2D eigenvalue weighted by Gasteiger charge is 2.16. The zero-order chi connectivity index (χ0) is 14.8. The molecule has 0 saturated heterocycles. The molecule has 3 amide bonds. The number of aliphatic carboxylic acids is 1. The number of hydrogen-bond acceptors (Lipinski definition) is 3. The van der Waals surface area contributed by atoms with Gasteiger partial charge in [0, 0.05) is 13.1 Å². The van der Waals surface area contributed by atoms with E-state index < -0.39 is 12.0 Å². The summed E-state index contributed by atoms with van der Waals surface area (Å²) in [5.74, 6) is -1.02. The monoisotopic (exact) mass is 273 g/mol. The van der Waals surface area contributed by atoms with E-state index in [0.29, 0.717) is 25.4 Å². The molecule has 0 atom stereocenters. The summed E-state index contributed by atoms with van der Waals surface area (Å²) in [4.78, 5) is 34.8. The average Bonchev–Trinajstić information content (AvgIpc) is 2.32. The molecule has 0 rings (SSSR count). The maximum Gasteiger partial charge on any atom is 0.323 e. The predicted octanol–water partition coefficient (Wildman–Crippen LogP) is 0.265. The second-order valence-corrected chi connectivity index (χ2v) is 4.67. The van der Waals surface area contributed by atoms with Crippen LogP contribution in [0.2, 0.25) is 0 Å².